The third-order valence-electron chi connectivity index (χ3n) is 4.32. The van der Waals surface area contributed by atoms with E-state index in [-0.39, 0.29) is 23.8 Å². The van der Waals surface area contributed by atoms with Gasteiger partial charge in [0.1, 0.15) is 0 Å². The van der Waals surface area contributed by atoms with Crippen molar-refractivity contribution in [2.75, 3.05) is 0 Å². The lowest BCUT2D eigenvalue weighted by atomic mass is 9.94. The van der Waals surface area contributed by atoms with Crippen LogP contribution in [0.25, 0.3) is 0 Å². The Kier molecular flexibility index (Phi) is 3.36. The van der Waals surface area contributed by atoms with Gasteiger partial charge in [-0.3, -0.25) is 14.5 Å². The van der Waals surface area contributed by atoms with Gasteiger partial charge in [0.25, 0.3) is 0 Å². The Morgan fingerprint density at radius 1 is 0.947 bits per heavy atom. The Morgan fingerprint density at radius 3 is 2.32 bits per heavy atom. The molecule has 1 aromatic rings. The molecule has 1 aliphatic heterocycles. The van der Waals surface area contributed by atoms with Crippen molar-refractivity contribution in [2.45, 2.75) is 50.5 Å². The zero-order valence-electron chi connectivity index (χ0n) is 11.0. The summed E-state index contributed by atoms with van der Waals surface area (Å²) >= 11 is 0. The summed E-state index contributed by atoms with van der Waals surface area (Å²) in [4.78, 5) is 26.3. The Labute approximate surface area is 113 Å². The number of hydrogen-bond donors (Lipinski definition) is 0. The average Bonchev–Trinajstić information content (AvgIpc) is 2.76. The first-order chi connectivity index (χ1) is 9.27. The van der Waals surface area contributed by atoms with Crippen LogP contribution in [0.15, 0.2) is 30.3 Å². The molecule has 19 heavy (non-hydrogen) atoms. The van der Waals surface area contributed by atoms with Crippen LogP contribution >= 0.6 is 0 Å². The maximum absolute atomic E-state index is 12.5. The Hall–Kier alpha value is -1.64. The van der Waals surface area contributed by atoms with Gasteiger partial charge in [0.2, 0.25) is 11.8 Å². The molecule has 0 bridgehead atoms. The van der Waals surface area contributed by atoms with Crippen LogP contribution in [0.4, 0.5) is 0 Å². The van der Waals surface area contributed by atoms with Crippen molar-refractivity contribution in [3.8, 4) is 0 Å². The summed E-state index contributed by atoms with van der Waals surface area (Å²) in [5, 5.41) is 0. The van der Waals surface area contributed by atoms with E-state index < -0.39 is 0 Å². The van der Waals surface area contributed by atoms with Crippen LogP contribution in [0.2, 0.25) is 0 Å². The average molecular weight is 257 g/mol. The normalized spacial score (nSPS) is 25.1. The highest BCUT2D eigenvalue weighted by molar-refractivity contribution is 6.06. The lowest BCUT2D eigenvalue weighted by molar-refractivity contribution is -0.142. The summed E-state index contributed by atoms with van der Waals surface area (Å²) in [6, 6.07) is 9.83. The number of carbonyl (C=O) groups is 2. The fourth-order valence-electron chi connectivity index (χ4n) is 3.32. The molecule has 2 fully saturated rings. The van der Waals surface area contributed by atoms with E-state index in [1.54, 1.807) is 4.90 Å². The van der Waals surface area contributed by atoms with Gasteiger partial charge in [-0.2, -0.15) is 0 Å². The maximum atomic E-state index is 12.5. The molecule has 3 nitrogen and oxygen atoms in total. The number of benzene rings is 1. The minimum absolute atomic E-state index is 0.0168. The lowest BCUT2D eigenvalue weighted by Crippen LogP contribution is -2.41. The van der Waals surface area contributed by atoms with Gasteiger partial charge in [-0.15, -0.1) is 0 Å². The van der Waals surface area contributed by atoms with Crippen molar-refractivity contribution in [3.05, 3.63) is 35.9 Å². The Bertz CT molecular complexity index is 477. The van der Waals surface area contributed by atoms with Crippen molar-refractivity contribution < 1.29 is 9.59 Å². The zero-order valence-corrected chi connectivity index (χ0v) is 11.0. The van der Waals surface area contributed by atoms with Gasteiger partial charge < -0.3 is 0 Å². The first kappa shape index (κ1) is 12.4. The van der Waals surface area contributed by atoms with E-state index >= 15 is 0 Å². The van der Waals surface area contributed by atoms with E-state index in [9.17, 15) is 9.59 Å². The molecule has 0 N–H and O–H groups in total. The molecule has 1 saturated heterocycles. The minimum Gasteiger partial charge on any atom is -0.279 e. The van der Waals surface area contributed by atoms with Gasteiger partial charge in [0.05, 0.1) is 5.92 Å². The van der Waals surface area contributed by atoms with E-state index in [0.717, 1.165) is 31.2 Å². The number of rotatable bonds is 2. The van der Waals surface area contributed by atoms with Gasteiger partial charge in [-0.1, -0.05) is 49.6 Å². The molecule has 1 atom stereocenters. The predicted molar refractivity (Wildman–Crippen MR) is 72.5 cm³/mol. The standard InChI is InChI=1S/C16H19NO2/c18-15-11-14(12-7-3-1-4-8-12)16(19)17(15)13-9-5-2-6-10-13/h1,3-4,7-8,13-14H,2,5-6,9-11H2. The summed E-state index contributed by atoms with van der Waals surface area (Å²) in [6.45, 7) is 0. The topological polar surface area (TPSA) is 37.4 Å². The number of hydrogen-bond acceptors (Lipinski definition) is 2. The number of carbonyl (C=O) groups excluding carboxylic acids is 2. The van der Waals surface area contributed by atoms with Crippen molar-refractivity contribution in [2.24, 2.45) is 0 Å². The van der Waals surface area contributed by atoms with Crippen LogP contribution in [-0.4, -0.2) is 22.8 Å². The third kappa shape index (κ3) is 2.29. The molecule has 1 aromatic carbocycles. The zero-order chi connectivity index (χ0) is 13.2. The number of amides is 2. The highest BCUT2D eigenvalue weighted by Crippen LogP contribution is 2.34. The van der Waals surface area contributed by atoms with Crippen molar-refractivity contribution in [1.29, 1.82) is 0 Å². The van der Waals surface area contributed by atoms with Crippen molar-refractivity contribution in [3.63, 3.8) is 0 Å². The van der Waals surface area contributed by atoms with Gasteiger partial charge >= 0.3 is 0 Å². The number of nitrogens with zero attached hydrogens (tertiary/aromatic N) is 1. The fourth-order valence-corrected chi connectivity index (χ4v) is 3.32. The molecule has 100 valence electrons. The molecule has 1 saturated carbocycles. The second-order valence-electron chi connectivity index (χ2n) is 5.56. The highest BCUT2D eigenvalue weighted by Gasteiger charge is 2.42. The Morgan fingerprint density at radius 2 is 1.63 bits per heavy atom. The van der Waals surface area contributed by atoms with Crippen molar-refractivity contribution in [1.82, 2.24) is 4.90 Å². The van der Waals surface area contributed by atoms with E-state index in [1.165, 1.54) is 6.42 Å². The number of imide groups is 1. The quantitative estimate of drug-likeness (QED) is 0.764. The molecule has 0 aromatic heterocycles. The van der Waals surface area contributed by atoms with E-state index in [2.05, 4.69) is 0 Å². The van der Waals surface area contributed by atoms with E-state index in [0.29, 0.717) is 6.42 Å². The smallest absolute Gasteiger partial charge is 0.237 e. The van der Waals surface area contributed by atoms with Gasteiger partial charge in [-0.25, -0.2) is 0 Å². The molecule has 1 heterocycles. The molecule has 0 radical (unpaired) electrons. The molecule has 1 unspecified atom stereocenters. The summed E-state index contributed by atoms with van der Waals surface area (Å²) in [5.41, 5.74) is 0.971. The second-order valence-corrected chi connectivity index (χ2v) is 5.56. The lowest BCUT2D eigenvalue weighted by Gasteiger charge is -2.29. The van der Waals surface area contributed by atoms with E-state index in [4.69, 9.17) is 0 Å². The van der Waals surface area contributed by atoms with Crippen LogP contribution in [-0.2, 0) is 9.59 Å². The fraction of sp³-hybridized carbons (Fsp3) is 0.500. The molecule has 0 spiro atoms. The SMILES string of the molecule is O=C1CC(c2ccccc2)C(=O)N1C1CCCCC1. The van der Waals surface area contributed by atoms with Gasteiger partial charge in [0, 0.05) is 12.5 Å². The molecule has 2 aliphatic rings. The largest absolute Gasteiger partial charge is 0.279 e. The van der Waals surface area contributed by atoms with Crippen LogP contribution < -0.4 is 0 Å². The molecule has 1 aliphatic carbocycles. The van der Waals surface area contributed by atoms with Gasteiger partial charge in [-0.05, 0) is 18.4 Å². The monoisotopic (exact) mass is 257 g/mol. The second kappa shape index (κ2) is 5.16. The molecule has 3 heteroatoms. The third-order valence-corrected chi connectivity index (χ3v) is 4.32. The van der Waals surface area contributed by atoms with Crippen LogP contribution in [0.5, 0.6) is 0 Å². The Balaban J connectivity index is 1.81. The van der Waals surface area contributed by atoms with Gasteiger partial charge in [0.15, 0.2) is 0 Å². The molecule has 2 amide bonds. The van der Waals surface area contributed by atoms with Crippen LogP contribution in [0.1, 0.15) is 50.0 Å². The number of likely N-dealkylation sites (tertiary alicyclic amines) is 1. The minimum atomic E-state index is -0.254. The highest BCUT2D eigenvalue weighted by atomic mass is 16.2. The summed E-state index contributed by atoms with van der Waals surface area (Å²) < 4.78 is 0. The summed E-state index contributed by atoms with van der Waals surface area (Å²) in [5.74, 6) is -0.218. The summed E-state index contributed by atoms with van der Waals surface area (Å²) in [7, 11) is 0. The summed E-state index contributed by atoms with van der Waals surface area (Å²) in [6.07, 6.45) is 5.82. The molecule has 3 rings (SSSR count). The first-order valence-electron chi connectivity index (χ1n) is 7.18. The van der Waals surface area contributed by atoms with E-state index in [1.807, 2.05) is 30.3 Å². The van der Waals surface area contributed by atoms with Crippen LogP contribution in [0, 0.1) is 0 Å². The predicted octanol–water partition coefficient (Wildman–Crippen LogP) is 2.86. The molecular formula is C16H19NO2. The van der Waals surface area contributed by atoms with Crippen molar-refractivity contribution >= 4 is 11.8 Å². The van der Waals surface area contributed by atoms with Crippen LogP contribution in [0.3, 0.4) is 0 Å². The molecular weight excluding hydrogens is 238 g/mol. The first-order valence-corrected chi connectivity index (χ1v) is 7.18. The maximum Gasteiger partial charge on any atom is 0.237 e.